The first-order valence-electron chi connectivity index (χ1n) is 8.65. The molecule has 4 atom stereocenters. The van der Waals surface area contributed by atoms with Gasteiger partial charge >= 0.3 is 0 Å². The molecule has 2 aliphatic heterocycles. The Kier molecular flexibility index (Phi) is 3.98. The molecule has 0 N–H and O–H groups in total. The van der Waals surface area contributed by atoms with Crippen molar-refractivity contribution in [3.63, 3.8) is 0 Å². The van der Waals surface area contributed by atoms with E-state index in [-0.39, 0.29) is 29.9 Å². The molecule has 4 unspecified atom stereocenters. The van der Waals surface area contributed by atoms with Gasteiger partial charge in [0, 0.05) is 12.6 Å². The zero-order chi connectivity index (χ0) is 15.1. The summed E-state index contributed by atoms with van der Waals surface area (Å²) in [6.45, 7) is 7.21. The van der Waals surface area contributed by atoms with Crippen molar-refractivity contribution in [3.05, 3.63) is 0 Å². The van der Waals surface area contributed by atoms with Crippen LogP contribution in [0.1, 0.15) is 59.3 Å². The van der Waals surface area contributed by atoms with Gasteiger partial charge in [0.1, 0.15) is 12.1 Å². The van der Waals surface area contributed by atoms with Crippen molar-refractivity contribution in [2.24, 2.45) is 11.8 Å². The van der Waals surface area contributed by atoms with Crippen LogP contribution in [0.2, 0.25) is 0 Å². The van der Waals surface area contributed by atoms with Gasteiger partial charge in [0.15, 0.2) is 0 Å². The second kappa shape index (κ2) is 5.62. The van der Waals surface area contributed by atoms with Gasteiger partial charge < -0.3 is 9.80 Å². The first-order valence-corrected chi connectivity index (χ1v) is 8.65. The predicted octanol–water partition coefficient (Wildman–Crippen LogP) is 2.42. The Morgan fingerprint density at radius 1 is 1.00 bits per heavy atom. The fourth-order valence-electron chi connectivity index (χ4n) is 4.72. The van der Waals surface area contributed by atoms with Gasteiger partial charge in [-0.05, 0) is 44.4 Å². The van der Waals surface area contributed by atoms with Crippen LogP contribution in [0.4, 0.5) is 0 Å². The number of amides is 2. The molecule has 118 valence electrons. The second-order valence-corrected chi connectivity index (χ2v) is 7.37. The fourth-order valence-corrected chi connectivity index (χ4v) is 4.72. The summed E-state index contributed by atoms with van der Waals surface area (Å²) >= 11 is 0. The fraction of sp³-hybridized carbons (Fsp3) is 0.882. The number of carbonyl (C=O) groups is 2. The number of hydrogen-bond acceptors (Lipinski definition) is 2. The van der Waals surface area contributed by atoms with Crippen LogP contribution < -0.4 is 0 Å². The molecule has 0 aromatic rings. The molecule has 0 aromatic carbocycles. The third-order valence-electron chi connectivity index (χ3n) is 5.85. The Hall–Kier alpha value is -1.06. The normalized spacial score (nSPS) is 37.3. The van der Waals surface area contributed by atoms with E-state index in [4.69, 9.17) is 0 Å². The average molecular weight is 292 g/mol. The van der Waals surface area contributed by atoms with Crippen molar-refractivity contribution in [2.75, 3.05) is 6.54 Å². The first kappa shape index (κ1) is 14.9. The minimum Gasteiger partial charge on any atom is -0.329 e. The summed E-state index contributed by atoms with van der Waals surface area (Å²) in [5.41, 5.74) is 0. The highest BCUT2D eigenvalue weighted by atomic mass is 16.2. The van der Waals surface area contributed by atoms with Crippen LogP contribution in [0.5, 0.6) is 0 Å². The topological polar surface area (TPSA) is 40.6 Å². The molecule has 0 aromatic heterocycles. The molecule has 3 aliphatic rings. The Labute approximate surface area is 127 Å². The molecule has 0 radical (unpaired) electrons. The lowest BCUT2D eigenvalue weighted by atomic mass is 9.76. The highest BCUT2D eigenvalue weighted by Crippen LogP contribution is 2.38. The predicted molar refractivity (Wildman–Crippen MR) is 81.6 cm³/mol. The summed E-state index contributed by atoms with van der Waals surface area (Å²) in [7, 11) is 0. The maximum Gasteiger partial charge on any atom is 0.246 e. The number of hydrogen-bond donors (Lipinski definition) is 0. The van der Waals surface area contributed by atoms with Crippen molar-refractivity contribution < 1.29 is 9.59 Å². The highest BCUT2D eigenvalue weighted by Gasteiger charge is 2.49. The lowest BCUT2D eigenvalue weighted by Crippen LogP contribution is -2.65. The van der Waals surface area contributed by atoms with Crippen molar-refractivity contribution in [1.29, 1.82) is 0 Å². The first-order chi connectivity index (χ1) is 10.0. The van der Waals surface area contributed by atoms with E-state index in [9.17, 15) is 9.59 Å². The van der Waals surface area contributed by atoms with E-state index in [1.807, 2.05) is 16.7 Å². The molecule has 4 nitrogen and oxygen atoms in total. The monoisotopic (exact) mass is 292 g/mol. The number of piperazine rings is 1. The molecule has 4 heteroatoms. The van der Waals surface area contributed by atoms with Gasteiger partial charge in [-0.1, -0.05) is 26.7 Å². The average Bonchev–Trinajstić information content (AvgIpc) is 2.95. The molecular formula is C17H28N2O2. The Morgan fingerprint density at radius 3 is 2.43 bits per heavy atom. The molecule has 0 spiro atoms. The Morgan fingerprint density at radius 2 is 1.71 bits per heavy atom. The van der Waals surface area contributed by atoms with Crippen molar-refractivity contribution in [1.82, 2.24) is 9.80 Å². The molecule has 2 amide bonds. The quantitative estimate of drug-likeness (QED) is 0.784. The van der Waals surface area contributed by atoms with Crippen LogP contribution in [0, 0.1) is 11.8 Å². The van der Waals surface area contributed by atoms with E-state index < -0.39 is 0 Å². The third-order valence-corrected chi connectivity index (χ3v) is 5.85. The maximum absolute atomic E-state index is 13.0. The standard InChI is InChI=1S/C17H28N2O2/c1-11(2)13-7-4-5-8-14(13)19-12(3)16(20)18-10-6-9-15(18)17(19)21/h11-15H,4-10H2,1-3H3. The van der Waals surface area contributed by atoms with Gasteiger partial charge in [0.2, 0.25) is 11.8 Å². The van der Waals surface area contributed by atoms with E-state index in [0.717, 1.165) is 25.8 Å². The molecular weight excluding hydrogens is 264 g/mol. The zero-order valence-electron chi connectivity index (χ0n) is 13.5. The molecule has 3 rings (SSSR count). The number of nitrogens with zero attached hydrogens (tertiary/aromatic N) is 2. The number of rotatable bonds is 2. The summed E-state index contributed by atoms with van der Waals surface area (Å²) in [6, 6.07) is -0.160. The third kappa shape index (κ3) is 2.36. The molecule has 1 aliphatic carbocycles. The van der Waals surface area contributed by atoms with Gasteiger partial charge in [-0.25, -0.2) is 0 Å². The second-order valence-electron chi connectivity index (χ2n) is 7.37. The summed E-state index contributed by atoms with van der Waals surface area (Å²) in [4.78, 5) is 29.4. The van der Waals surface area contributed by atoms with E-state index in [1.54, 1.807) is 0 Å². The van der Waals surface area contributed by atoms with Crippen LogP contribution in [0.3, 0.4) is 0 Å². The Bertz CT molecular complexity index is 435. The van der Waals surface area contributed by atoms with Crippen molar-refractivity contribution in [2.45, 2.75) is 77.4 Å². The molecule has 2 saturated heterocycles. The molecule has 1 saturated carbocycles. The lowest BCUT2D eigenvalue weighted by Gasteiger charge is -2.49. The summed E-state index contributed by atoms with van der Waals surface area (Å²) in [5.74, 6) is 1.51. The Balaban J connectivity index is 1.88. The molecule has 2 heterocycles. The molecule has 21 heavy (non-hydrogen) atoms. The summed E-state index contributed by atoms with van der Waals surface area (Å²) in [6.07, 6.45) is 6.54. The SMILES string of the molecule is CC(C)C1CCCCC1N1C(=O)C2CCCN2C(=O)C1C. The van der Waals surface area contributed by atoms with Crippen molar-refractivity contribution in [3.8, 4) is 0 Å². The molecule has 3 fully saturated rings. The van der Waals surface area contributed by atoms with Gasteiger partial charge in [-0.2, -0.15) is 0 Å². The smallest absolute Gasteiger partial charge is 0.246 e. The van der Waals surface area contributed by atoms with E-state index in [0.29, 0.717) is 11.8 Å². The van der Waals surface area contributed by atoms with Gasteiger partial charge in [-0.3, -0.25) is 9.59 Å². The lowest BCUT2D eigenvalue weighted by molar-refractivity contribution is -0.164. The van der Waals surface area contributed by atoms with Crippen LogP contribution >= 0.6 is 0 Å². The van der Waals surface area contributed by atoms with Crippen molar-refractivity contribution >= 4 is 11.8 Å². The van der Waals surface area contributed by atoms with Crippen LogP contribution in [0.15, 0.2) is 0 Å². The van der Waals surface area contributed by atoms with Gasteiger partial charge in [0.25, 0.3) is 0 Å². The zero-order valence-corrected chi connectivity index (χ0v) is 13.5. The van der Waals surface area contributed by atoms with E-state index in [2.05, 4.69) is 13.8 Å². The minimum atomic E-state index is -0.267. The van der Waals surface area contributed by atoms with Gasteiger partial charge in [0.05, 0.1) is 0 Å². The van der Waals surface area contributed by atoms with E-state index in [1.165, 1.54) is 19.3 Å². The van der Waals surface area contributed by atoms with E-state index >= 15 is 0 Å². The number of fused-ring (bicyclic) bond motifs is 1. The molecule has 0 bridgehead atoms. The maximum atomic E-state index is 13.0. The highest BCUT2D eigenvalue weighted by molar-refractivity contribution is 5.97. The summed E-state index contributed by atoms with van der Waals surface area (Å²) < 4.78 is 0. The van der Waals surface area contributed by atoms with Crippen LogP contribution in [-0.2, 0) is 9.59 Å². The number of carbonyl (C=O) groups excluding carboxylic acids is 2. The summed E-state index contributed by atoms with van der Waals surface area (Å²) in [5, 5.41) is 0. The minimum absolute atomic E-state index is 0.163. The van der Waals surface area contributed by atoms with Gasteiger partial charge in [-0.15, -0.1) is 0 Å². The van der Waals surface area contributed by atoms with Crippen LogP contribution in [-0.4, -0.2) is 46.3 Å². The largest absolute Gasteiger partial charge is 0.329 e. The van der Waals surface area contributed by atoms with Crippen LogP contribution in [0.25, 0.3) is 0 Å².